The number of nitrogens with two attached hydrogens (primary N) is 1. The van der Waals surface area contributed by atoms with Gasteiger partial charge in [0, 0.05) is 27.9 Å². The summed E-state index contributed by atoms with van der Waals surface area (Å²) in [6.45, 7) is 4.70. The molecule has 0 aromatic carbocycles. The van der Waals surface area contributed by atoms with Crippen LogP contribution in [0.5, 0.6) is 0 Å². The smallest absolute Gasteiger partial charge is 0.377 e. The Bertz CT molecular complexity index is 78.5. The highest BCUT2D eigenvalue weighted by Crippen LogP contribution is 2.02. The average molecular weight is 195 g/mol. The zero-order chi connectivity index (χ0) is 10.0. The van der Waals surface area contributed by atoms with E-state index in [-0.39, 0.29) is 0 Å². The van der Waals surface area contributed by atoms with E-state index in [0.717, 1.165) is 13.0 Å². The van der Waals surface area contributed by atoms with E-state index >= 15 is 0 Å². The van der Waals surface area contributed by atoms with E-state index in [0.29, 0.717) is 0 Å². The van der Waals surface area contributed by atoms with Gasteiger partial charge in [-0.1, -0.05) is 6.92 Å². The topological polar surface area (TPSA) is 53.7 Å². The molecule has 0 saturated carbocycles. The van der Waals surface area contributed by atoms with Gasteiger partial charge < -0.3 is 19.0 Å². The van der Waals surface area contributed by atoms with Crippen molar-refractivity contribution in [3.8, 4) is 0 Å². The number of hydrogen-bond donors (Lipinski definition) is 1. The highest BCUT2D eigenvalue weighted by molar-refractivity contribution is 6.58. The van der Waals surface area contributed by atoms with Gasteiger partial charge in [-0.05, 0) is 13.0 Å². The summed E-state index contributed by atoms with van der Waals surface area (Å²) in [7, 11) is 2.58. The van der Waals surface area contributed by atoms with Crippen molar-refractivity contribution >= 4 is 8.80 Å². The average Bonchev–Trinajstić information content (AvgIpc) is 2.17. The van der Waals surface area contributed by atoms with Crippen LogP contribution in [0.15, 0.2) is 0 Å². The van der Waals surface area contributed by atoms with Gasteiger partial charge in [-0.2, -0.15) is 0 Å². The quantitative estimate of drug-likeness (QED) is 0.676. The molecule has 0 rings (SSSR count). The predicted octanol–water partition coefficient (Wildman–Crippen LogP) is 0.849. The maximum atomic E-state index is 5.03. The predicted molar refractivity (Wildman–Crippen MR) is 52.0 cm³/mol. The van der Waals surface area contributed by atoms with E-state index in [1.54, 1.807) is 21.3 Å². The molecule has 0 spiro atoms. The second-order valence-corrected chi connectivity index (χ2v) is 5.21. The second kappa shape index (κ2) is 9.15. The van der Waals surface area contributed by atoms with E-state index in [1.807, 2.05) is 6.55 Å². The Balaban J connectivity index is 0. The molecule has 0 amide bonds. The van der Waals surface area contributed by atoms with Gasteiger partial charge in [-0.25, -0.2) is 0 Å². The molecule has 0 aliphatic rings. The molecule has 0 bridgehead atoms. The molecule has 76 valence electrons. The van der Waals surface area contributed by atoms with Crippen LogP contribution < -0.4 is 5.73 Å². The Kier molecular flexibility index (Phi) is 11.1. The maximum Gasteiger partial charge on any atom is 0.496 e. The van der Waals surface area contributed by atoms with Gasteiger partial charge in [-0.3, -0.25) is 0 Å². The van der Waals surface area contributed by atoms with Crippen LogP contribution in [-0.2, 0) is 13.3 Å². The van der Waals surface area contributed by atoms with Crippen LogP contribution in [0, 0.1) is 0 Å². The summed E-state index contributed by atoms with van der Waals surface area (Å²) >= 11 is 0. The van der Waals surface area contributed by atoms with E-state index < -0.39 is 8.80 Å². The Morgan fingerprint density at radius 2 is 1.33 bits per heavy atom. The van der Waals surface area contributed by atoms with Crippen molar-refractivity contribution in [1.82, 2.24) is 0 Å². The number of hydrogen-bond acceptors (Lipinski definition) is 4. The molecule has 5 heteroatoms. The van der Waals surface area contributed by atoms with Gasteiger partial charge in [-0.15, -0.1) is 0 Å². The largest absolute Gasteiger partial charge is 0.496 e. The first-order valence-corrected chi connectivity index (χ1v) is 6.18. The standard InChI is InChI=1S/C4H12O3Si.C3H9N/c1-5-8(4,6-2)7-3;1-2-3-4/h1-4H3;2-4H2,1H3. The van der Waals surface area contributed by atoms with Crippen LogP contribution in [-0.4, -0.2) is 36.7 Å². The fraction of sp³-hybridized carbons (Fsp3) is 1.00. The van der Waals surface area contributed by atoms with Crippen molar-refractivity contribution < 1.29 is 13.3 Å². The first-order valence-electron chi connectivity index (χ1n) is 3.95. The minimum Gasteiger partial charge on any atom is -0.377 e. The highest BCUT2D eigenvalue weighted by Gasteiger charge is 2.29. The molecular formula is C7H21NO3Si. The summed E-state index contributed by atoms with van der Waals surface area (Å²) in [5.41, 5.74) is 5.03. The molecule has 0 atom stereocenters. The third-order valence-corrected chi connectivity index (χ3v) is 3.63. The summed E-state index contributed by atoms with van der Waals surface area (Å²) in [5.74, 6) is 0. The van der Waals surface area contributed by atoms with Gasteiger partial charge in [0.05, 0.1) is 0 Å². The zero-order valence-corrected chi connectivity index (χ0v) is 9.72. The molecule has 0 aliphatic heterocycles. The normalized spacial score (nSPS) is 10.5. The van der Waals surface area contributed by atoms with Crippen LogP contribution in [0.25, 0.3) is 0 Å². The fourth-order valence-electron chi connectivity index (χ4n) is 0.250. The minimum absolute atomic E-state index is 0.819. The first-order chi connectivity index (χ1) is 5.60. The molecule has 2 N–H and O–H groups in total. The van der Waals surface area contributed by atoms with Gasteiger partial charge in [0.1, 0.15) is 0 Å². The summed E-state index contributed by atoms with van der Waals surface area (Å²) in [6.07, 6.45) is 1.10. The van der Waals surface area contributed by atoms with Crippen molar-refractivity contribution in [1.29, 1.82) is 0 Å². The Morgan fingerprint density at radius 1 is 1.08 bits per heavy atom. The lowest BCUT2D eigenvalue weighted by atomic mass is 10.5. The fourth-order valence-corrected chi connectivity index (χ4v) is 0.750. The van der Waals surface area contributed by atoms with Crippen molar-refractivity contribution in [2.24, 2.45) is 5.73 Å². The molecule has 0 heterocycles. The molecule has 0 unspecified atom stereocenters. The third kappa shape index (κ3) is 8.16. The lowest BCUT2D eigenvalue weighted by Crippen LogP contribution is -2.38. The van der Waals surface area contributed by atoms with Crippen molar-refractivity contribution in [3.05, 3.63) is 0 Å². The molecule has 4 nitrogen and oxygen atoms in total. The first kappa shape index (κ1) is 14.6. The lowest BCUT2D eigenvalue weighted by molar-refractivity contribution is 0.132. The lowest BCUT2D eigenvalue weighted by Gasteiger charge is -2.18. The van der Waals surface area contributed by atoms with Crippen LogP contribution >= 0.6 is 0 Å². The Hall–Kier alpha value is 0.0569. The SMILES string of the molecule is CCCN.CO[Si](C)(OC)OC. The van der Waals surface area contributed by atoms with Gasteiger partial charge >= 0.3 is 8.80 Å². The van der Waals surface area contributed by atoms with E-state index in [1.165, 1.54) is 0 Å². The molecule has 0 radical (unpaired) electrons. The molecule has 12 heavy (non-hydrogen) atoms. The third-order valence-electron chi connectivity index (χ3n) is 1.40. The van der Waals surface area contributed by atoms with E-state index in [2.05, 4.69) is 6.92 Å². The maximum absolute atomic E-state index is 5.03. The van der Waals surface area contributed by atoms with Gasteiger partial charge in [0.2, 0.25) is 0 Å². The van der Waals surface area contributed by atoms with Crippen LogP contribution in [0.1, 0.15) is 13.3 Å². The highest BCUT2D eigenvalue weighted by atomic mass is 28.4. The monoisotopic (exact) mass is 195 g/mol. The Labute approximate surface area is 76.4 Å². The van der Waals surface area contributed by atoms with E-state index in [9.17, 15) is 0 Å². The van der Waals surface area contributed by atoms with Crippen LogP contribution in [0.3, 0.4) is 0 Å². The summed E-state index contributed by atoms with van der Waals surface area (Å²) in [5, 5.41) is 0. The Morgan fingerprint density at radius 3 is 1.33 bits per heavy atom. The van der Waals surface area contributed by atoms with Crippen LogP contribution in [0.2, 0.25) is 6.55 Å². The molecular weight excluding hydrogens is 174 g/mol. The number of rotatable bonds is 4. The summed E-state index contributed by atoms with van der Waals surface area (Å²) in [4.78, 5) is 0. The zero-order valence-electron chi connectivity index (χ0n) is 8.72. The molecule has 0 aromatic rings. The molecule has 0 fully saturated rings. The second-order valence-electron chi connectivity index (χ2n) is 2.26. The van der Waals surface area contributed by atoms with Crippen molar-refractivity contribution in [2.75, 3.05) is 27.9 Å². The summed E-state index contributed by atoms with van der Waals surface area (Å²) < 4.78 is 14.8. The van der Waals surface area contributed by atoms with Gasteiger partial charge in [0.25, 0.3) is 0 Å². The van der Waals surface area contributed by atoms with Crippen LogP contribution in [0.4, 0.5) is 0 Å². The van der Waals surface area contributed by atoms with Crippen molar-refractivity contribution in [2.45, 2.75) is 19.9 Å². The van der Waals surface area contributed by atoms with Crippen molar-refractivity contribution in [3.63, 3.8) is 0 Å². The molecule has 0 saturated heterocycles. The minimum atomic E-state index is -2.17. The molecule has 0 aliphatic carbocycles. The van der Waals surface area contributed by atoms with E-state index in [4.69, 9.17) is 19.0 Å². The van der Waals surface area contributed by atoms with Gasteiger partial charge in [0.15, 0.2) is 0 Å². The molecule has 0 aromatic heterocycles. The summed E-state index contributed by atoms with van der Waals surface area (Å²) in [6, 6.07) is 0.